The van der Waals surface area contributed by atoms with E-state index in [1.807, 2.05) is 41.8 Å². The van der Waals surface area contributed by atoms with Gasteiger partial charge in [0.1, 0.15) is 5.02 Å². The van der Waals surface area contributed by atoms with Crippen LogP contribution in [0.3, 0.4) is 0 Å². The number of rotatable bonds is 3. The molecule has 5 nitrogen and oxygen atoms in total. The van der Waals surface area contributed by atoms with E-state index >= 15 is 0 Å². The number of benzene rings is 2. The largest absolute Gasteiger partial charge is 0.313 e. The third-order valence-corrected chi connectivity index (χ3v) is 5.85. The molecule has 1 aromatic heterocycles. The number of aromatic nitrogens is 1. The van der Waals surface area contributed by atoms with E-state index in [1.165, 1.54) is 12.1 Å². The van der Waals surface area contributed by atoms with Gasteiger partial charge < -0.3 is 4.57 Å². The molecular weight excluding hydrogens is 444 g/mol. The molecule has 0 spiro atoms. The summed E-state index contributed by atoms with van der Waals surface area (Å²) in [5.74, 6) is 0.322. The van der Waals surface area contributed by atoms with Crippen LogP contribution in [-0.4, -0.2) is 15.3 Å². The summed E-state index contributed by atoms with van der Waals surface area (Å²) in [5, 5.41) is 11.5. The Balaban J connectivity index is 2.00. The molecule has 0 amide bonds. The molecule has 0 bridgehead atoms. The Hall–Kier alpha value is -2.44. The molecule has 0 aliphatic heterocycles. The van der Waals surface area contributed by atoms with Crippen LogP contribution < -0.4 is 0 Å². The van der Waals surface area contributed by atoms with Crippen molar-refractivity contribution >= 4 is 39.0 Å². The number of carbonyl (C=O) groups excluding carboxylic acids is 1. The van der Waals surface area contributed by atoms with Gasteiger partial charge in [0.2, 0.25) is 0 Å². The Morgan fingerprint density at radius 1 is 1.14 bits per heavy atom. The van der Waals surface area contributed by atoms with Gasteiger partial charge in [0, 0.05) is 28.2 Å². The second kappa shape index (κ2) is 7.18. The lowest BCUT2D eigenvalue weighted by Gasteiger charge is -2.21. The van der Waals surface area contributed by atoms with Crippen LogP contribution in [-0.2, 0) is 6.42 Å². The Morgan fingerprint density at radius 2 is 1.86 bits per heavy atom. The van der Waals surface area contributed by atoms with Crippen molar-refractivity contribution in [1.82, 2.24) is 4.57 Å². The van der Waals surface area contributed by atoms with Gasteiger partial charge in [-0.15, -0.1) is 0 Å². The van der Waals surface area contributed by atoms with Gasteiger partial charge in [-0.2, -0.15) is 0 Å². The first-order chi connectivity index (χ1) is 13.3. The summed E-state index contributed by atoms with van der Waals surface area (Å²) in [6.45, 7) is 2.04. The maximum Gasteiger partial charge on any atom is 0.289 e. The average molecular weight is 460 g/mol. The van der Waals surface area contributed by atoms with Crippen molar-refractivity contribution < 1.29 is 9.72 Å². The number of nitro benzene ring substituents is 1. The standard InChI is InChI=1S/C21H16BrClN2O3/c1-12-8-19-16(21(26)9-12)11-18(13-2-4-14(22)5-3-13)24(19)15-6-7-17(23)20(10-15)25(27)28/h2-7,10-12H,8-9H2,1H3/t12-/m1/s1. The Morgan fingerprint density at radius 3 is 2.54 bits per heavy atom. The van der Waals surface area contributed by atoms with Crippen LogP contribution in [0.2, 0.25) is 5.02 Å². The fourth-order valence-electron chi connectivity index (χ4n) is 3.73. The van der Waals surface area contributed by atoms with Crippen molar-refractivity contribution in [1.29, 1.82) is 0 Å². The molecule has 0 saturated heterocycles. The van der Waals surface area contributed by atoms with Crippen molar-refractivity contribution in [3.8, 4) is 16.9 Å². The number of nitrogens with zero attached hydrogens (tertiary/aromatic N) is 2. The number of fused-ring (bicyclic) bond motifs is 1. The summed E-state index contributed by atoms with van der Waals surface area (Å²) < 4.78 is 2.90. The van der Waals surface area contributed by atoms with Crippen LogP contribution in [0, 0.1) is 16.0 Å². The lowest BCUT2D eigenvalue weighted by molar-refractivity contribution is -0.384. The Labute approximate surface area is 175 Å². The molecule has 3 aromatic rings. The summed E-state index contributed by atoms with van der Waals surface area (Å²) in [7, 11) is 0. The number of ketones is 1. The molecule has 2 aromatic carbocycles. The van der Waals surface area contributed by atoms with Crippen LogP contribution in [0.1, 0.15) is 29.4 Å². The molecular formula is C21H16BrClN2O3. The lowest BCUT2D eigenvalue weighted by atomic mass is 9.88. The van der Waals surface area contributed by atoms with Crippen LogP contribution >= 0.6 is 27.5 Å². The maximum atomic E-state index is 12.7. The first kappa shape index (κ1) is 18.9. The molecule has 1 heterocycles. The van der Waals surface area contributed by atoms with Gasteiger partial charge in [-0.1, -0.05) is 46.6 Å². The Kier molecular flexibility index (Phi) is 4.85. The van der Waals surface area contributed by atoms with Gasteiger partial charge in [-0.05, 0) is 48.2 Å². The number of hydrogen-bond acceptors (Lipinski definition) is 3. The number of hydrogen-bond donors (Lipinski definition) is 0. The molecule has 1 aliphatic rings. The minimum Gasteiger partial charge on any atom is -0.313 e. The molecule has 142 valence electrons. The second-order valence-electron chi connectivity index (χ2n) is 7.06. The zero-order valence-corrected chi connectivity index (χ0v) is 17.3. The van der Waals surface area contributed by atoms with Crippen molar-refractivity contribution in [3.63, 3.8) is 0 Å². The van der Waals surface area contributed by atoms with Crippen molar-refractivity contribution in [2.24, 2.45) is 5.92 Å². The molecule has 7 heteroatoms. The minimum absolute atomic E-state index is 0.0874. The number of nitro groups is 1. The van der Waals surface area contributed by atoms with E-state index < -0.39 is 4.92 Å². The molecule has 0 N–H and O–H groups in total. The van der Waals surface area contributed by atoms with Gasteiger partial charge in [0.25, 0.3) is 5.69 Å². The number of halogens is 2. The van der Waals surface area contributed by atoms with E-state index in [2.05, 4.69) is 15.9 Å². The highest BCUT2D eigenvalue weighted by molar-refractivity contribution is 9.10. The van der Waals surface area contributed by atoms with Gasteiger partial charge >= 0.3 is 0 Å². The zero-order valence-electron chi connectivity index (χ0n) is 15.0. The quantitative estimate of drug-likeness (QED) is 0.344. The molecule has 0 unspecified atom stereocenters. The van der Waals surface area contributed by atoms with E-state index in [0.29, 0.717) is 17.7 Å². The van der Waals surface area contributed by atoms with Crippen LogP contribution in [0.5, 0.6) is 0 Å². The number of carbonyl (C=O) groups is 1. The summed E-state index contributed by atoms with van der Waals surface area (Å²) in [6.07, 6.45) is 1.24. The third-order valence-electron chi connectivity index (χ3n) is 5.00. The number of Topliss-reactive ketones (excluding diaryl/α,β-unsaturated/α-hetero) is 1. The second-order valence-corrected chi connectivity index (χ2v) is 8.38. The zero-order chi connectivity index (χ0) is 20.0. The van der Waals surface area contributed by atoms with E-state index in [0.717, 1.165) is 27.8 Å². The minimum atomic E-state index is -0.491. The molecule has 0 radical (unpaired) electrons. The van der Waals surface area contributed by atoms with E-state index in [4.69, 9.17) is 11.6 Å². The average Bonchev–Trinajstić information content (AvgIpc) is 3.02. The molecule has 0 saturated carbocycles. The predicted octanol–water partition coefficient (Wildman–Crippen LogP) is 6.23. The van der Waals surface area contributed by atoms with Gasteiger partial charge in [-0.3, -0.25) is 14.9 Å². The molecule has 1 aliphatic carbocycles. The SMILES string of the molecule is C[C@H]1CC(=O)c2cc(-c3ccc(Br)cc3)n(-c3ccc(Cl)c([N+](=O)[O-])c3)c2C1. The van der Waals surface area contributed by atoms with E-state index in [9.17, 15) is 14.9 Å². The fraction of sp³-hybridized carbons (Fsp3) is 0.190. The fourth-order valence-corrected chi connectivity index (χ4v) is 4.18. The summed E-state index contributed by atoms with van der Waals surface area (Å²) in [6, 6.07) is 14.4. The third kappa shape index (κ3) is 3.27. The monoisotopic (exact) mass is 458 g/mol. The van der Waals surface area contributed by atoms with Crippen molar-refractivity contribution in [2.45, 2.75) is 19.8 Å². The normalized spacial score (nSPS) is 16.1. The van der Waals surface area contributed by atoms with Crippen LogP contribution in [0.15, 0.2) is 53.0 Å². The van der Waals surface area contributed by atoms with E-state index in [1.54, 1.807) is 6.07 Å². The van der Waals surface area contributed by atoms with Gasteiger partial charge in [0.15, 0.2) is 5.78 Å². The molecule has 0 fully saturated rings. The Bertz CT molecular complexity index is 1110. The summed E-state index contributed by atoms with van der Waals surface area (Å²) in [5.41, 5.74) is 3.80. The predicted molar refractivity (Wildman–Crippen MR) is 112 cm³/mol. The molecule has 1 atom stereocenters. The topological polar surface area (TPSA) is 65.1 Å². The highest BCUT2D eigenvalue weighted by Gasteiger charge is 2.29. The van der Waals surface area contributed by atoms with E-state index in [-0.39, 0.29) is 22.4 Å². The lowest BCUT2D eigenvalue weighted by Crippen LogP contribution is -2.19. The smallest absolute Gasteiger partial charge is 0.289 e. The summed E-state index contributed by atoms with van der Waals surface area (Å²) in [4.78, 5) is 23.5. The first-order valence-electron chi connectivity index (χ1n) is 8.83. The van der Waals surface area contributed by atoms with Crippen molar-refractivity contribution in [3.05, 3.63) is 79.4 Å². The highest BCUT2D eigenvalue weighted by atomic mass is 79.9. The van der Waals surface area contributed by atoms with Crippen molar-refractivity contribution in [2.75, 3.05) is 0 Å². The van der Waals surface area contributed by atoms with Crippen LogP contribution in [0.25, 0.3) is 16.9 Å². The van der Waals surface area contributed by atoms with Crippen LogP contribution in [0.4, 0.5) is 5.69 Å². The van der Waals surface area contributed by atoms with Gasteiger partial charge in [-0.25, -0.2) is 0 Å². The summed E-state index contributed by atoms with van der Waals surface area (Å²) >= 11 is 9.45. The first-order valence-corrected chi connectivity index (χ1v) is 10.0. The van der Waals surface area contributed by atoms with Gasteiger partial charge in [0.05, 0.1) is 16.3 Å². The highest BCUT2D eigenvalue weighted by Crippen LogP contribution is 2.37. The maximum absolute atomic E-state index is 12.7. The molecule has 28 heavy (non-hydrogen) atoms. The molecule has 4 rings (SSSR count).